The van der Waals surface area contributed by atoms with Crippen molar-refractivity contribution in [3.8, 4) is 16.8 Å². The summed E-state index contributed by atoms with van der Waals surface area (Å²) in [6.45, 7) is 2.59. The highest BCUT2D eigenvalue weighted by Crippen LogP contribution is 2.26. The third-order valence-corrected chi connectivity index (χ3v) is 4.51. The molecule has 0 aliphatic carbocycles. The predicted molar refractivity (Wildman–Crippen MR) is 92.6 cm³/mol. The number of rotatable bonds is 7. The van der Waals surface area contributed by atoms with E-state index in [1.807, 2.05) is 30.5 Å². The van der Waals surface area contributed by atoms with E-state index in [2.05, 4.69) is 11.1 Å². The number of nitrogens with zero attached hydrogens (tertiary/aromatic N) is 3. The maximum Gasteiger partial charge on any atom is 0.229 e. The molecule has 0 spiro atoms. The second kappa shape index (κ2) is 7.81. The van der Waals surface area contributed by atoms with Gasteiger partial charge in [0, 0.05) is 11.9 Å². The van der Waals surface area contributed by atoms with E-state index in [-0.39, 0.29) is 18.7 Å². The molecule has 0 bridgehead atoms. The van der Waals surface area contributed by atoms with Crippen LogP contribution in [-0.4, -0.2) is 22.3 Å². The van der Waals surface area contributed by atoms with Gasteiger partial charge in [0.1, 0.15) is 11.5 Å². The summed E-state index contributed by atoms with van der Waals surface area (Å²) in [5, 5.41) is 11.4. The lowest BCUT2D eigenvalue weighted by Crippen LogP contribution is -2.32. The van der Waals surface area contributed by atoms with E-state index in [0.717, 1.165) is 10.8 Å². The van der Waals surface area contributed by atoms with Gasteiger partial charge in [-0.05, 0) is 31.2 Å². The first-order valence-corrected chi connectivity index (χ1v) is 8.72. The molecule has 0 aromatic carbocycles. The molecule has 7 heteroatoms. The highest BCUT2D eigenvalue weighted by molar-refractivity contribution is 7.13. The number of carbonyl (C=O) groups is 1. The van der Waals surface area contributed by atoms with Crippen molar-refractivity contribution in [2.24, 2.45) is 0 Å². The van der Waals surface area contributed by atoms with Gasteiger partial charge in [-0.2, -0.15) is 5.26 Å². The summed E-state index contributed by atoms with van der Waals surface area (Å²) in [5.41, 5.74) is 0.695. The number of nitriles is 1. The Hall–Kier alpha value is -2.85. The molecule has 1 amide bonds. The average Bonchev–Trinajstić information content (AvgIpc) is 3.33. The summed E-state index contributed by atoms with van der Waals surface area (Å²) in [7, 11) is 0. The zero-order valence-electron chi connectivity index (χ0n) is 13.8. The molecule has 128 valence electrons. The van der Waals surface area contributed by atoms with Gasteiger partial charge in [0.05, 0.1) is 37.4 Å². The second-order valence-electron chi connectivity index (χ2n) is 5.53. The van der Waals surface area contributed by atoms with Crippen LogP contribution in [0.4, 0.5) is 0 Å². The molecule has 3 aromatic rings. The first-order valence-electron chi connectivity index (χ1n) is 7.84. The quantitative estimate of drug-likeness (QED) is 0.644. The van der Waals surface area contributed by atoms with E-state index >= 15 is 0 Å². The monoisotopic (exact) mass is 355 g/mol. The molecule has 0 saturated carbocycles. The Kier molecular flexibility index (Phi) is 5.31. The lowest BCUT2D eigenvalue weighted by molar-refractivity contribution is -0.131. The van der Waals surface area contributed by atoms with Crippen LogP contribution in [-0.2, 0) is 17.8 Å². The molecular formula is C18H17N3O3S. The van der Waals surface area contributed by atoms with Crippen molar-refractivity contribution in [1.29, 1.82) is 5.26 Å². The second-order valence-corrected chi connectivity index (χ2v) is 6.39. The number of thiazole rings is 1. The van der Waals surface area contributed by atoms with Crippen LogP contribution in [0, 0.1) is 18.3 Å². The van der Waals surface area contributed by atoms with E-state index in [0.29, 0.717) is 30.3 Å². The summed E-state index contributed by atoms with van der Waals surface area (Å²) in [6, 6.07) is 9.42. The number of carbonyl (C=O) groups excluding carboxylic acids is 1. The van der Waals surface area contributed by atoms with Gasteiger partial charge < -0.3 is 13.7 Å². The molecule has 0 N–H and O–H groups in total. The van der Waals surface area contributed by atoms with E-state index in [4.69, 9.17) is 14.1 Å². The van der Waals surface area contributed by atoms with Crippen LogP contribution in [0.1, 0.15) is 23.6 Å². The van der Waals surface area contributed by atoms with Crippen molar-refractivity contribution in [3.05, 3.63) is 53.1 Å². The molecular weight excluding hydrogens is 338 g/mol. The normalized spacial score (nSPS) is 10.6. The van der Waals surface area contributed by atoms with Gasteiger partial charge >= 0.3 is 0 Å². The van der Waals surface area contributed by atoms with E-state index in [9.17, 15) is 4.79 Å². The van der Waals surface area contributed by atoms with Gasteiger partial charge in [-0.3, -0.25) is 4.79 Å². The Bertz CT molecular complexity index is 874. The van der Waals surface area contributed by atoms with Gasteiger partial charge in [0.25, 0.3) is 0 Å². The van der Waals surface area contributed by atoms with Crippen molar-refractivity contribution in [3.63, 3.8) is 0 Å². The maximum atomic E-state index is 12.6. The number of hydrogen-bond acceptors (Lipinski definition) is 6. The molecule has 0 aliphatic heterocycles. The van der Waals surface area contributed by atoms with Crippen LogP contribution in [0.25, 0.3) is 10.8 Å². The fourth-order valence-corrected chi connectivity index (χ4v) is 3.16. The zero-order chi connectivity index (χ0) is 17.6. The standard InChI is InChI=1S/C18H17N3O3S/c1-13-5-6-16(24-13)18-20-14(12-25-18)10-17(22)21(8-3-7-19)11-15-4-2-9-23-15/h2,4-6,9,12H,3,8,10-11H2,1H3. The van der Waals surface area contributed by atoms with E-state index in [1.54, 1.807) is 17.2 Å². The van der Waals surface area contributed by atoms with Crippen LogP contribution in [0.3, 0.4) is 0 Å². The van der Waals surface area contributed by atoms with Crippen molar-refractivity contribution in [1.82, 2.24) is 9.88 Å². The minimum absolute atomic E-state index is 0.0841. The van der Waals surface area contributed by atoms with Gasteiger partial charge in [-0.1, -0.05) is 0 Å². The largest absolute Gasteiger partial charge is 0.467 e. The van der Waals surface area contributed by atoms with E-state index in [1.165, 1.54) is 11.3 Å². The third-order valence-electron chi connectivity index (χ3n) is 3.61. The van der Waals surface area contributed by atoms with Crippen molar-refractivity contribution in [2.75, 3.05) is 6.54 Å². The molecule has 0 atom stereocenters. The fraction of sp³-hybridized carbons (Fsp3) is 0.278. The lowest BCUT2D eigenvalue weighted by Gasteiger charge is -2.20. The van der Waals surface area contributed by atoms with Crippen LogP contribution in [0.2, 0.25) is 0 Å². The summed E-state index contributed by atoms with van der Waals surface area (Å²) < 4.78 is 10.9. The SMILES string of the molecule is Cc1ccc(-c2nc(CC(=O)N(CCC#N)Cc3ccco3)cs2)o1. The highest BCUT2D eigenvalue weighted by atomic mass is 32.1. The summed E-state index contributed by atoms with van der Waals surface area (Å²) in [5.74, 6) is 2.14. The molecule has 6 nitrogen and oxygen atoms in total. The van der Waals surface area contributed by atoms with Crippen LogP contribution >= 0.6 is 11.3 Å². The number of hydrogen-bond donors (Lipinski definition) is 0. The Balaban J connectivity index is 1.68. The first-order chi connectivity index (χ1) is 12.2. The Morgan fingerprint density at radius 2 is 2.28 bits per heavy atom. The Morgan fingerprint density at radius 3 is 2.96 bits per heavy atom. The molecule has 0 unspecified atom stereocenters. The number of aromatic nitrogens is 1. The highest BCUT2D eigenvalue weighted by Gasteiger charge is 2.18. The molecule has 25 heavy (non-hydrogen) atoms. The van der Waals surface area contributed by atoms with Gasteiger partial charge in [-0.15, -0.1) is 11.3 Å². The van der Waals surface area contributed by atoms with Crippen molar-refractivity contribution >= 4 is 17.2 Å². The molecule has 0 aliphatic rings. The van der Waals surface area contributed by atoms with Gasteiger partial charge in [0.15, 0.2) is 10.8 Å². The topological polar surface area (TPSA) is 83.3 Å². The number of amides is 1. The Labute approximate surface area is 149 Å². The maximum absolute atomic E-state index is 12.6. The summed E-state index contributed by atoms with van der Waals surface area (Å²) in [6.07, 6.45) is 2.03. The van der Waals surface area contributed by atoms with Gasteiger partial charge in [0.2, 0.25) is 5.91 Å². The summed E-state index contributed by atoms with van der Waals surface area (Å²) in [4.78, 5) is 18.7. The lowest BCUT2D eigenvalue weighted by atomic mass is 10.2. The third kappa shape index (κ3) is 4.37. The fourth-order valence-electron chi connectivity index (χ4n) is 2.39. The van der Waals surface area contributed by atoms with Crippen molar-refractivity contribution in [2.45, 2.75) is 26.3 Å². The minimum Gasteiger partial charge on any atom is -0.467 e. The molecule has 3 aromatic heterocycles. The first kappa shape index (κ1) is 17.0. The average molecular weight is 355 g/mol. The van der Waals surface area contributed by atoms with Crippen molar-refractivity contribution < 1.29 is 13.6 Å². The van der Waals surface area contributed by atoms with Crippen LogP contribution < -0.4 is 0 Å². The molecule has 3 rings (SSSR count). The molecule has 0 radical (unpaired) electrons. The van der Waals surface area contributed by atoms with Crippen LogP contribution in [0.5, 0.6) is 0 Å². The Morgan fingerprint density at radius 1 is 1.40 bits per heavy atom. The molecule has 0 fully saturated rings. The molecule has 0 saturated heterocycles. The smallest absolute Gasteiger partial charge is 0.229 e. The summed E-state index contributed by atoms with van der Waals surface area (Å²) >= 11 is 1.45. The predicted octanol–water partition coefficient (Wildman–Crippen LogP) is 3.79. The minimum atomic E-state index is -0.0841. The molecule has 3 heterocycles. The van der Waals surface area contributed by atoms with Crippen LogP contribution in [0.15, 0.2) is 44.7 Å². The number of aryl methyl sites for hydroxylation is 1. The van der Waals surface area contributed by atoms with Gasteiger partial charge in [-0.25, -0.2) is 4.98 Å². The number of furan rings is 2. The van der Waals surface area contributed by atoms with E-state index < -0.39 is 0 Å². The zero-order valence-corrected chi connectivity index (χ0v) is 14.6.